The van der Waals surface area contributed by atoms with Crippen molar-refractivity contribution in [1.82, 2.24) is 0 Å². The Labute approximate surface area is 141 Å². The van der Waals surface area contributed by atoms with Crippen LogP contribution >= 0.6 is 0 Å². The highest BCUT2D eigenvalue weighted by Crippen LogP contribution is 2.24. The molecule has 0 bridgehead atoms. The Morgan fingerprint density at radius 3 is 2.79 bits per heavy atom. The van der Waals surface area contributed by atoms with E-state index in [-0.39, 0.29) is 0 Å². The van der Waals surface area contributed by atoms with Crippen LogP contribution in [0.5, 0.6) is 5.75 Å². The Bertz CT molecular complexity index is 608. The molecule has 1 aliphatic carbocycles. The zero-order chi connectivity index (χ0) is 17.2. The Balaban J connectivity index is 1.89. The Kier molecular flexibility index (Phi) is 7.01. The van der Waals surface area contributed by atoms with Gasteiger partial charge in [0.1, 0.15) is 12.1 Å². The van der Waals surface area contributed by atoms with Gasteiger partial charge in [-0.3, -0.25) is 10.4 Å². The molecule has 1 aromatic carbocycles. The summed E-state index contributed by atoms with van der Waals surface area (Å²) in [6.45, 7) is 3.29. The molecule has 0 saturated carbocycles. The molecular weight excluding hydrogens is 306 g/mol. The van der Waals surface area contributed by atoms with Crippen molar-refractivity contribution < 1.29 is 14.6 Å². The second-order valence-corrected chi connectivity index (χ2v) is 5.65. The van der Waals surface area contributed by atoms with Crippen LogP contribution in [0.3, 0.4) is 0 Å². The topological polar surface area (TPSA) is 83.3 Å². The zero-order valence-corrected chi connectivity index (χ0v) is 13.6. The van der Waals surface area contributed by atoms with Crippen LogP contribution in [0, 0.1) is 0 Å². The van der Waals surface area contributed by atoms with E-state index in [4.69, 9.17) is 4.74 Å². The molecule has 128 valence electrons. The van der Waals surface area contributed by atoms with Gasteiger partial charge in [-0.15, -0.1) is 0 Å². The number of ether oxygens (including phenoxy) is 1. The number of allylic oxidation sites excluding steroid dienone is 2. The van der Waals surface area contributed by atoms with Crippen LogP contribution in [0.1, 0.15) is 38.5 Å². The molecule has 6 heteroatoms. The number of hydrogen-bond donors (Lipinski definition) is 2. The number of aliphatic imine (C=N–C) groups is 1. The van der Waals surface area contributed by atoms with E-state index in [1.165, 1.54) is 24.8 Å². The van der Waals surface area contributed by atoms with Gasteiger partial charge in [0.05, 0.1) is 5.69 Å². The van der Waals surface area contributed by atoms with Gasteiger partial charge in [-0.2, -0.15) is 5.10 Å². The average molecular weight is 329 g/mol. The van der Waals surface area contributed by atoms with Crippen molar-refractivity contribution >= 4 is 24.7 Å². The lowest BCUT2D eigenvalue weighted by atomic mass is 9.95. The summed E-state index contributed by atoms with van der Waals surface area (Å²) in [4.78, 5) is 14.9. The summed E-state index contributed by atoms with van der Waals surface area (Å²) in [6, 6.07) is 6.96. The maximum atomic E-state index is 11.4. The maximum Gasteiger partial charge on any atom is 0.344 e. The van der Waals surface area contributed by atoms with E-state index in [0.717, 1.165) is 24.9 Å². The molecule has 0 heterocycles. The van der Waals surface area contributed by atoms with E-state index >= 15 is 0 Å². The van der Waals surface area contributed by atoms with Crippen molar-refractivity contribution in [2.75, 3.05) is 5.43 Å². The third-order valence-corrected chi connectivity index (χ3v) is 3.85. The number of rotatable bonds is 9. The molecule has 2 N–H and O–H groups in total. The Hall–Kier alpha value is -2.63. The van der Waals surface area contributed by atoms with E-state index in [1.807, 2.05) is 0 Å². The third-order valence-electron chi connectivity index (χ3n) is 3.85. The highest BCUT2D eigenvalue weighted by atomic mass is 16.5. The molecular formula is C18H23N3O3. The molecule has 2 rings (SSSR count). The van der Waals surface area contributed by atoms with Crippen LogP contribution in [-0.4, -0.2) is 30.2 Å². The predicted molar refractivity (Wildman–Crippen MR) is 95.9 cm³/mol. The predicted octanol–water partition coefficient (Wildman–Crippen LogP) is 3.86. The first-order valence-corrected chi connectivity index (χ1v) is 8.10. The number of carboxylic acids is 1. The van der Waals surface area contributed by atoms with Crippen molar-refractivity contribution in [2.24, 2.45) is 10.1 Å². The lowest BCUT2D eigenvalue weighted by molar-refractivity contribution is -0.145. The maximum absolute atomic E-state index is 11.4. The minimum Gasteiger partial charge on any atom is -0.479 e. The third kappa shape index (κ3) is 5.87. The molecule has 1 aliphatic rings. The van der Waals surface area contributed by atoms with Gasteiger partial charge in [-0.1, -0.05) is 11.6 Å². The zero-order valence-electron chi connectivity index (χ0n) is 13.6. The summed E-state index contributed by atoms with van der Waals surface area (Å²) < 4.78 is 5.63. The van der Waals surface area contributed by atoms with Crippen LogP contribution < -0.4 is 10.2 Å². The van der Waals surface area contributed by atoms with Crippen LogP contribution in [0.25, 0.3) is 0 Å². The van der Waals surface area contributed by atoms with Gasteiger partial charge in [0, 0.05) is 0 Å². The van der Waals surface area contributed by atoms with Gasteiger partial charge in [0.15, 0.2) is 6.10 Å². The largest absolute Gasteiger partial charge is 0.479 e. The van der Waals surface area contributed by atoms with Gasteiger partial charge in [0.2, 0.25) is 0 Å². The van der Waals surface area contributed by atoms with Crippen LogP contribution in [0.15, 0.2) is 46.0 Å². The van der Waals surface area contributed by atoms with Crippen molar-refractivity contribution in [1.29, 1.82) is 0 Å². The standard InChI is InChI=1S/C18H23N3O3/c1-19-13-20-21-15-8-10-16(11-9-15)24-17(18(22)23)12-7-14-5-3-2-4-6-14/h5,8-11,13,17,21H,1-4,6-7,12H2,(H,22,23)/b20-13-. The normalized spacial score (nSPS) is 15.6. The Morgan fingerprint density at radius 1 is 1.38 bits per heavy atom. The van der Waals surface area contributed by atoms with Crippen LogP contribution in [-0.2, 0) is 4.79 Å². The number of hydrazone groups is 1. The molecule has 0 radical (unpaired) electrons. The summed E-state index contributed by atoms with van der Waals surface area (Å²) in [6.07, 6.45) is 8.56. The number of benzene rings is 1. The highest BCUT2D eigenvalue weighted by molar-refractivity contribution is 5.72. The highest BCUT2D eigenvalue weighted by Gasteiger charge is 2.20. The fourth-order valence-electron chi connectivity index (χ4n) is 2.60. The van der Waals surface area contributed by atoms with Gasteiger partial charge in [-0.25, -0.2) is 4.79 Å². The van der Waals surface area contributed by atoms with Gasteiger partial charge < -0.3 is 9.84 Å². The lowest BCUT2D eigenvalue weighted by Gasteiger charge is -2.18. The SMILES string of the molecule is C=N/C=N\Nc1ccc(OC(CCC2=CCCCC2)C(=O)O)cc1. The van der Waals surface area contributed by atoms with Crippen LogP contribution in [0.2, 0.25) is 0 Å². The van der Waals surface area contributed by atoms with Crippen LogP contribution in [0.4, 0.5) is 5.69 Å². The van der Waals surface area contributed by atoms with Gasteiger partial charge in [0.25, 0.3) is 0 Å². The molecule has 0 aliphatic heterocycles. The number of nitrogens with zero attached hydrogens (tertiary/aromatic N) is 2. The smallest absolute Gasteiger partial charge is 0.344 e. The van der Waals surface area contributed by atoms with E-state index in [0.29, 0.717) is 12.2 Å². The lowest BCUT2D eigenvalue weighted by Crippen LogP contribution is -2.27. The Morgan fingerprint density at radius 2 is 2.17 bits per heavy atom. The molecule has 0 spiro atoms. The number of aliphatic carboxylic acids is 1. The first-order valence-electron chi connectivity index (χ1n) is 8.10. The summed E-state index contributed by atoms with van der Waals surface area (Å²) in [7, 11) is 0. The minimum absolute atomic E-state index is 0.483. The second kappa shape index (κ2) is 9.50. The average Bonchev–Trinajstić information content (AvgIpc) is 2.61. The molecule has 1 aromatic rings. The number of carbonyl (C=O) groups is 1. The van der Waals surface area contributed by atoms with Crippen molar-refractivity contribution in [3.63, 3.8) is 0 Å². The van der Waals surface area contributed by atoms with E-state index < -0.39 is 12.1 Å². The first-order chi connectivity index (χ1) is 11.7. The monoisotopic (exact) mass is 329 g/mol. The summed E-state index contributed by atoms with van der Waals surface area (Å²) in [5, 5.41) is 13.2. The van der Waals surface area contributed by atoms with E-state index in [9.17, 15) is 9.90 Å². The van der Waals surface area contributed by atoms with Crippen molar-refractivity contribution in [3.8, 4) is 5.75 Å². The fraction of sp³-hybridized carbons (Fsp3) is 0.389. The molecule has 6 nitrogen and oxygen atoms in total. The quantitative estimate of drug-likeness (QED) is 0.312. The summed E-state index contributed by atoms with van der Waals surface area (Å²) in [5.41, 5.74) is 4.88. The van der Waals surface area contributed by atoms with E-state index in [1.54, 1.807) is 24.3 Å². The number of hydrogen-bond acceptors (Lipinski definition) is 4. The molecule has 24 heavy (non-hydrogen) atoms. The van der Waals surface area contributed by atoms with E-state index in [2.05, 4.69) is 28.3 Å². The number of nitrogens with one attached hydrogen (secondary N) is 1. The number of carboxylic acid groups (broad SMARTS) is 1. The molecule has 0 fully saturated rings. The molecule has 0 saturated heterocycles. The molecule has 1 atom stereocenters. The number of anilines is 1. The van der Waals surface area contributed by atoms with Gasteiger partial charge in [-0.05, 0) is 69.5 Å². The van der Waals surface area contributed by atoms with Crippen molar-refractivity contribution in [2.45, 2.75) is 44.6 Å². The molecule has 0 aromatic heterocycles. The summed E-state index contributed by atoms with van der Waals surface area (Å²) in [5.74, 6) is -0.410. The van der Waals surface area contributed by atoms with Gasteiger partial charge >= 0.3 is 5.97 Å². The molecule has 0 amide bonds. The van der Waals surface area contributed by atoms with Crippen molar-refractivity contribution in [3.05, 3.63) is 35.9 Å². The first kappa shape index (κ1) is 17.7. The minimum atomic E-state index is -0.935. The second-order valence-electron chi connectivity index (χ2n) is 5.65. The molecule has 1 unspecified atom stereocenters. The fourth-order valence-corrected chi connectivity index (χ4v) is 2.60. The summed E-state index contributed by atoms with van der Waals surface area (Å²) >= 11 is 0.